The second-order valence-electron chi connectivity index (χ2n) is 4.79. The molecule has 0 spiro atoms. The van der Waals surface area contributed by atoms with Gasteiger partial charge in [0.05, 0.1) is 26.2 Å². The lowest BCUT2D eigenvalue weighted by atomic mass is 10.2. The third kappa shape index (κ3) is 3.43. The van der Waals surface area contributed by atoms with E-state index in [4.69, 9.17) is 16.0 Å². The van der Waals surface area contributed by atoms with E-state index in [0.29, 0.717) is 6.61 Å². The van der Waals surface area contributed by atoms with Gasteiger partial charge in [0.2, 0.25) is 0 Å². The minimum absolute atomic E-state index is 0.212. The molecule has 2 atom stereocenters. The van der Waals surface area contributed by atoms with Crippen LogP contribution in [0.15, 0.2) is 24.3 Å². The van der Waals surface area contributed by atoms with Gasteiger partial charge in [-0.3, -0.25) is 4.85 Å². The Morgan fingerprint density at radius 3 is 2.68 bits per heavy atom. The van der Waals surface area contributed by atoms with E-state index in [1.807, 2.05) is 30.5 Å². The zero-order valence-electron chi connectivity index (χ0n) is 11.4. The normalized spacial score (nSPS) is 26.1. The molecule has 0 aromatic heterocycles. The van der Waals surface area contributed by atoms with Crippen LogP contribution in [0.4, 0.5) is 0 Å². The van der Waals surface area contributed by atoms with Crippen molar-refractivity contribution in [3.63, 3.8) is 0 Å². The summed E-state index contributed by atoms with van der Waals surface area (Å²) in [6, 6.07) is 7.92. The third-order valence-corrected chi connectivity index (χ3v) is 4.85. The zero-order valence-corrected chi connectivity index (χ0v) is 12.2. The summed E-state index contributed by atoms with van der Waals surface area (Å²) in [6.07, 6.45) is 4.99. The van der Waals surface area contributed by atoms with Gasteiger partial charge < -0.3 is 9.47 Å². The van der Waals surface area contributed by atoms with Gasteiger partial charge in [0.15, 0.2) is 0 Å². The van der Waals surface area contributed by atoms with Crippen LogP contribution in [0.2, 0.25) is 0 Å². The number of hydrogen-bond donors (Lipinski definition) is 0. The van der Waals surface area contributed by atoms with E-state index in [9.17, 15) is 0 Å². The van der Waals surface area contributed by atoms with E-state index in [2.05, 4.69) is 4.85 Å². The molecule has 1 fully saturated rings. The van der Waals surface area contributed by atoms with Crippen LogP contribution < -0.4 is 4.74 Å². The summed E-state index contributed by atoms with van der Waals surface area (Å²) in [5.74, 6) is 0.860. The average Bonchev–Trinajstić information content (AvgIpc) is 2.90. The first-order valence-corrected chi connectivity index (χ1v) is 7.62. The maximum Gasteiger partial charge on any atom is 0.280 e. The maximum atomic E-state index is 7.31. The number of nitrogens with zero attached hydrogens (tertiary/aromatic N) is 1. The van der Waals surface area contributed by atoms with Gasteiger partial charge in [-0.15, -0.1) is 0 Å². The molecular weight excluding hydrogens is 258 g/mol. The molecule has 0 heterocycles. The number of rotatable bonds is 5. The first-order chi connectivity index (χ1) is 9.21. The van der Waals surface area contributed by atoms with Crippen LogP contribution >= 0.6 is 11.8 Å². The molecule has 0 radical (unpaired) electrons. The van der Waals surface area contributed by atoms with Crippen molar-refractivity contribution >= 4 is 11.8 Å². The Labute approximate surface area is 119 Å². The Morgan fingerprint density at radius 2 is 2.16 bits per heavy atom. The second kappa shape index (κ2) is 6.31. The Hall–Kier alpha value is -1.18. The van der Waals surface area contributed by atoms with Gasteiger partial charge in [-0.05, 0) is 30.4 Å². The van der Waals surface area contributed by atoms with E-state index < -0.39 is 0 Å². The highest BCUT2D eigenvalue weighted by atomic mass is 32.2. The smallest absolute Gasteiger partial charge is 0.280 e. The highest BCUT2D eigenvalue weighted by Crippen LogP contribution is 2.42. The average molecular weight is 277 g/mol. The lowest BCUT2D eigenvalue weighted by Crippen LogP contribution is -2.17. The molecular formula is C15H19NO2S. The van der Waals surface area contributed by atoms with Gasteiger partial charge in [-0.1, -0.05) is 23.9 Å². The van der Waals surface area contributed by atoms with E-state index >= 15 is 0 Å². The monoisotopic (exact) mass is 277 g/mol. The predicted molar refractivity (Wildman–Crippen MR) is 78.3 cm³/mol. The number of thioether (sulfide) groups is 1. The molecule has 1 saturated carbocycles. The summed E-state index contributed by atoms with van der Waals surface area (Å²) in [6.45, 7) is 7.92. The summed E-state index contributed by atoms with van der Waals surface area (Å²) < 4.78 is 11.1. The van der Waals surface area contributed by atoms with Crippen LogP contribution in [-0.2, 0) is 11.3 Å². The molecule has 4 heteroatoms. The van der Waals surface area contributed by atoms with Gasteiger partial charge in [0, 0.05) is 6.42 Å². The maximum absolute atomic E-state index is 7.31. The van der Waals surface area contributed by atoms with Crippen LogP contribution in [0.1, 0.15) is 24.8 Å². The Balaban J connectivity index is 1.85. The molecule has 0 N–H and O–H groups in total. The van der Waals surface area contributed by atoms with Crippen molar-refractivity contribution in [2.24, 2.45) is 0 Å². The summed E-state index contributed by atoms with van der Waals surface area (Å²) >= 11 is 1.66. The van der Waals surface area contributed by atoms with E-state index in [-0.39, 0.29) is 11.0 Å². The fraction of sp³-hybridized carbons (Fsp3) is 0.533. The fourth-order valence-electron chi connectivity index (χ4n) is 2.36. The van der Waals surface area contributed by atoms with E-state index in [0.717, 1.165) is 30.6 Å². The Kier molecular flexibility index (Phi) is 4.73. The topological polar surface area (TPSA) is 22.8 Å². The van der Waals surface area contributed by atoms with Gasteiger partial charge in [-0.2, -0.15) is 0 Å². The predicted octanol–water partition coefficient (Wildman–Crippen LogP) is 3.74. The van der Waals surface area contributed by atoms with Crippen LogP contribution in [0.5, 0.6) is 5.75 Å². The first-order valence-electron chi connectivity index (χ1n) is 6.39. The molecule has 3 nitrogen and oxygen atoms in total. The molecule has 1 aromatic rings. The minimum Gasteiger partial charge on any atom is -0.497 e. The molecule has 19 heavy (non-hydrogen) atoms. The van der Waals surface area contributed by atoms with Crippen LogP contribution in [0, 0.1) is 6.57 Å². The first kappa shape index (κ1) is 14.2. The van der Waals surface area contributed by atoms with Crippen molar-refractivity contribution in [1.29, 1.82) is 0 Å². The zero-order chi connectivity index (χ0) is 13.7. The molecule has 0 bridgehead atoms. The van der Waals surface area contributed by atoms with Crippen molar-refractivity contribution < 1.29 is 9.47 Å². The molecule has 2 unspecified atom stereocenters. The second-order valence-corrected chi connectivity index (χ2v) is 5.95. The molecule has 0 saturated heterocycles. The largest absolute Gasteiger partial charge is 0.497 e. The van der Waals surface area contributed by atoms with Crippen molar-refractivity contribution in [2.45, 2.75) is 36.8 Å². The molecule has 102 valence electrons. The summed E-state index contributed by atoms with van der Waals surface area (Å²) in [5, 5.41) is 0. The molecule has 0 aliphatic heterocycles. The molecule has 1 aromatic carbocycles. The lowest BCUT2D eigenvalue weighted by Gasteiger charge is -2.14. The molecule has 1 aliphatic rings. The molecule has 1 aliphatic carbocycles. The van der Waals surface area contributed by atoms with E-state index in [1.54, 1.807) is 18.9 Å². The summed E-state index contributed by atoms with van der Waals surface area (Å²) in [4.78, 5) is 3.54. The number of hydrogen-bond acceptors (Lipinski definition) is 3. The molecule has 0 amide bonds. The highest BCUT2D eigenvalue weighted by molar-refractivity contribution is 8.00. The third-order valence-electron chi connectivity index (χ3n) is 3.63. The van der Waals surface area contributed by atoms with E-state index in [1.165, 1.54) is 0 Å². The van der Waals surface area contributed by atoms with Crippen molar-refractivity contribution in [1.82, 2.24) is 0 Å². The highest BCUT2D eigenvalue weighted by Gasteiger charge is 2.45. The van der Waals surface area contributed by atoms with Gasteiger partial charge in [0.25, 0.3) is 4.87 Å². The Bertz CT molecular complexity index is 454. The number of methoxy groups -OCH3 is 1. The van der Waals surface area contributed by atoms with Gasteiger partial charge in [0.1, 0.15) is 5.75 Å². The Morgan fingerprint density at radius 1 is 1.42 bits per heavy atom. The lowest BCUT2D eigenvalue weighted by molar-refractivity contribution is 0.0448. The van der Waals surface area contributed by atoms with Crippen LogP contribution in [0.25, 0.3) is 4.85 Å². The van der Waals surface area contributed by atoms with Crippen molar-refractivity contribution in [3.05, 3.63) is 41.2 Å². The number of benzene rings is 1. The fourth-order valence-corrected chi connectivity index (χ4v) is 3.12. The quantitative estimate of drug-likeness (QED) is 0.766. The minimum atomic E-state index is -0.245. The van der Waals surface area contributed by atoms with Gasteiger partial charge >= 0.3 is 0 Å². The van der Waals surface area contributed by atoms with Crippen LogP contribution in [0.3, 0.4) is 0 Å². The van der Waals surface area contributed by atoms with Crippen molar-refractivity contribution in [3.8, 4) is 5.75 Å². The standard InChI is InChI=1S/C15H19NO2S/c1-16-15(19-3)9-8-14(10-15)18-11-12-4-6-13(17-2)7-5-12/h4-7,14H,8-11H2,2-3H3. The van der Waals surface area contributed by atoms with Crippen molar-refractivity contribution in [2.75, 3.05) is 13.4 Å². The van der Waals surface area contributed by atoms with Crippen LogP contribution in [-0.4, -0.2) is 24.3 Å². The SMILES string of the molecule is [C-]#[N+]C1(SC)CCC(OCc2ccc(OC)cc2)C1. The summed E-state index contributed by atoms with van der Waals surface area (Å²) in [7, 11) is 1.66. The number of ether oxygens (including phenoxy) is 2. The molecule has 2 rings (SSSR count). The summed E-state index contributed by atoms with van der Waals surface area (Å²) in [5.41, 5.74) is 1.14. The van der Waals surface area contributed by atoms with Gasteiger partial charge in [-0.25, -0.2) is 6.57 Å².